The highest BCUT2D eigenvalue weighted by Gasteiger charge is 2.47. The highest BCUT2D eigenvalue weighted by molar-refractivity contribution is 7.80. The number of methoxy groups -OCH3 is 1. The molecule has 1 unspecified atom stereocenters. The summed E-state index contributed by atoms with van der Waals surface area (Å²) in [5.74, 6) is 2.33. The molecule has 2 aromatic carbocycles. The zero-order valence-corrected chi connectivity index (χ0v) is 12.9. The average Bonchev–Trinajstić information content (AvgIpc) is 2.54. The van der Waals surface area contributed by atoms with Crippen LogP contribution in [0.5, 0.6) is 17.2 Å². The highest BCUT2D eigenvalue weighted by Crippen LogP contribution is 2.50. The molecular formula is C17H15NO3S. The van der Waals surface area contributed by atoms with Gasteiger partial charge in [-0.15, -0.1) is 0 Å². The van der Waals surface area contributed by atoms with Crippen LogP contribution >= 0.6 is 12.2 Å². The van der Waals surface area contributed by atoms with E-state index in [1.165, 1.54) is 0 Å². The SMILES string of the molecule is COc1cccc2c1C1(COCC(=S)N1)c1ccccc1O2. The summed E-state index contributed by atoms with van der Waals surface area (Å²) in [6.07, 6.45) is 0. The van der Waals surface area contributed by atoms with Gasteiger partial charge in [0.15, 0.2) is 0 Å². The van der Waals surface area contributed by atoms with Crippen molar-refractivity contribution in [2.75, 3.05) is 20.3 Å². The van der Waals surface area contributed by atoms with Crippen LogP contribution in [-0.4, -0.2) is 25.3 Å². The van der Waals surface area contributed by atoms with Crippen LogP contribution in [0.1, 0.15) is 11.1 Å². The first-order valence-corrected chi connectivity index (χ1v) is 7.49. The molecule has 2 aliphatic rings. The number of para-hydroxylation sites is 1. The van der Waals surface area contributed by atoms with Gasteiger partial charge in [-0.25, -0.2) is 0 Å². The van der Waals surface area contributed by atoms with Crippen LogP contribution in [0.4, 0.5) is 0 Å². The van der Waals surface area contributed by atoms with E-state index in [4.69, 9.17) is 26.4 Å². The number of ether oxygens (including phenoxy) is 3. The lowest BCUT2D eigenvalue weighted by Crippen LogP contribution is -2.56. The molecule has 0 amide bonds. The Balaban J connectivity index is 2.02. The van der Waals surface area contributed by atoms with Gasteiger partial charge in [0.25, 0.3) is 0 Å². The molecule has 5 heteroatoms. The Morgan fingerprint density at radius 2 is 1.95 bits per heavy atom. The predicted molar refractivity (Wildman–Crippen MR) is 86.8 cm³/mol. The summed E-state index contributed by atoms with van der Waals surface area (Å²) in [5.41, 5.74) is 1.36. The van der Waals surface area contributed by atoms with Gasteiger partial charge in [-0.05, 0) is 18.2 Å². The molecule has 2 aliphatic heterocycles. The summed E-state index contributed by atoms with van der Waals surface area (Å²) >= 11 is 5.38. The van der Waals surface area contributed by atoms with Gasteiger partial charge in [-0.3, -0.25) is 0 Å². The number of nitrogens with one attached hydrogen (secondary N) is 1. The second-order valence-electron chi connectivity index (χ2n) is 5.38. The monoisotopic (exact) mass is 313 g/mol. The zero-order chi connectivity index (χ0) is 15.2. The molecule has 0 saturated carbocycles. The molecule has 1 spiro atoms. The molecule has 4 rings (SSSR count). The number of hydrogen-bond acceptors (Lipinski definition) is 4. The Kier molecular flexibility index (Phi) is 3.06. The second-order valence-corrected chi connectivity index (χ2v) is 5.87. The molecule has 0 radical (unpaired) electrons. The van der Waals surface area contributed by atoms with Gasteiger partial charge in [-0.1, -0.05) is 36.5 Å². The molecule has 112 valence electrons. The quantitative estimate of drug-likeness (QED) is 0.820. The Hall–Kier alpha value is -2.11. The summed E-state index contributed by atoms with van der Waals surface area (Å²) in [7, 11) is 1.66. The molecule has 0 aliphatic carbocycles. The van der Waals surface area contributed by atoms with E-state index in [1.54, 1.807) is 7.11 Å². The molecule has 1 N–H and O–H groups in total. The minimum atomic E-state index is -0.577. The van der Waals surface area contributed by atoms with E-state index in [2.05, 4.69) is 5.32 Å². The highest BCUT2D eigenvalue weighted by atomic mass is 32.1. The average molecular weight is 313 g/mol. The van der Waals surface area contributed by atoms with E-state index in [0.717, 1.165) is 28.4 Å². The molecule has 1 saturated heterocycles. The van der Waals surface area contributed by atoms with Crippen molar-refractivity contribution in [3.8, 4) is 17.2 Å². The molecule has 1 atom stereocenters. The standard InChI is InChI=1S/C17H15NO3S/c1-19-13-7-4-8-14-16(13)17(10-20-9-15(22)18-17)11-5-2-3-6-12(11)21-14/h2-8H,9-10H2,1H3,(H,18,22). The van der Waals surface area contributed by atoms with E-state index >= 15 is 0 Å². The van der Waals surface area contributed by atoms with Crippen LogP contribution < -0.4 is 14.8 Å². The third-order valence-corrected chi connectivity index (χ3v) is 4.33. The lowest BCUT2D eigenvalue weighted by molar-refractivity contribution is 0.0908. The third kappa shape index (κ3) is 1.82. The van der Waals surface area contributed by atoms with Gasteiger partial charge >= 0.3 is 0 Å². The van der Waals surface area contributed by atoms with Crippen molar-refractivity contribution in [1.29, 1.82) is 0 Å². The van der Waals surface area contributed by atoms with Gasteiger partial charge in [0.2, 0.25) is 0 Å². The van der Waals surface area contributed by atoms with Crippen LogP contribution in [0.3, 0.4) is 0 Å². The number of benzene rings is 2. The maximum Gasteiger partial charge on any atom is 0.137 e. The van der Waals surface area contributed by atoms with Crippen LogP contribution in [0.15, 0.2) is 42.5 Å². The summed E-state index contributed by atoms with van der Waals surface area (Å²) in [6.45, 7) is 0.908. The molecule has 0 bridgehead atoms. The van der Waals surface area contributed by atoms with E-state index in [0.29, 0.717) is 18.2 Å². The first kappa shape index (κ1) is 13.5. The third-order valence-electron chi connectivity index (χ3n) is 4.11. The van der Waals surface area contributed by atoms with Gasteiger partial charge in [0, 0.05) is 5.56 Å². The molecule has 4 nitrogen and oxygen atoms in total. The lowest BCUT2D eigenvalue weighted by Gasteiger charge is -2.44. The Labute approximate surface area is 134 Å². The fourth-order valence-corrected chi connectivity index (χ4v) is 3.49. The first-order valence-electron chi connectivity index (χ1n) is 7.08. The van der Waals surface area contributed by atoms with Crippen molar-refractivity contribution in [3.63, 3.8) is 0 Å². The molecule has 2 aromatic rings. The van der Waals surface area contributed by atoms with Gasteiger partial charge in [0.05, 0.1) is 25.9 Å². The van der Waals surface area contributed by atoms with E-state index < -0.39 is 5.54 Å². The van der Waals surface area contributed by atoms with Crippen molar-refractivity contribution in [2.24, 2.45) is 0 Å². The minimum absolute atomic E-state index is 0.435. The van der Waals surface area contributed by atoms with Gasteiger partial charge < -0.3 is 19.5 Å². The number of morpholine rings is 1. The van der Waals surface area contributed by atoms with Crippen molar-refractivity contribution >= 4 is 17.2 Å². The largest absolute Gasteiger partial charge is 0.496 e. The normalized spacial score (nSPS) is 22.3. The Morgan fingerprint density at radius 3 is 2.77 bits per heavy atom. The molecular weight excluding hydrogens is 298 g/mol. The Bertz CT molecular complexity index is 761. The fourth-order valence-electron chi connectivity index (χ4n) is 3.23. The van der Waals surface area contributed by atoms with Crippen LogP contribution in [0.2, 0.25) is 0 Å². The maximum absolute atomic E-state index is 6.06. The van der Waals surface area contributed by atoms with Crippen molar-refractivity contribution in [3.05, 3.63) is 53.6 Å². The van der Waals surface area contributed by atoms with Crippen LogP contribution in [-0.2, 0) is 10.3 Å². The number of hydrogen-bond donors (Lipinski definition) is 1. The molecule has 0 aromatic heterocycles. The fraction of sp³-hybridized carbons (Fsp3) is 0.235. The van der Waals surface area contributed by atoms with E-state index in [1.807, 2.05) is 42.5 Å². The summed E-state index contributed by atoms with van der Waals surface area (Å²) in [6, 6.07) is 13.7. The van der Waals surface area contributed by atoms with Crippen LogP contribution in [0, 0.1) is 0 Å². The predicted octanol–water partition coefficient (Wildman–Crippen LogP) is 2.99. The molecule has 22 heavy (non-hydrogen) atoms. The van der Waals surface area contributed by atoms with Crippen molar-refractivity contribution < 1.29 is 14.2 Å². The molecule has 2 heterocycles. The Morgan fingerprint density at radius 1 is 1.14 bits per heavy atom. The maximum atomic E-state index is 6.06. The van der Waals surface area contributed by atoms with E-state index in [-0.39, 0.29) is 0 Å². The van der Waals surface area contributed by atoms with Crippen molar-refractivity contribution in [1.82, 2.24) is 5.32 Å². The van der Waals surface area contributed by atoms with Crippen molar-refractivity contribution in [2.45, 2.75) is 5.54 Å². The number of fused-ring (bicyclic) bond motifs is 4. The van der Waals surface area contributed by atoms with Gasteiger partial charge in [-0.2, -0.15) is 0 Å². The number of rotatable bonds is 1. The summed E-state index contributed by atoms with van der Waals surface area (Å²) < 4.78 is 17.4. The van der Waals surface area contributed by atoms with E-state index in [9.17, 15) is 0 Å². The smallest absolute Gasteiger partial charge is 0.137 e. The lowest BCUT2D eigenvalue weighted by atomic mass is 9.79. The topological polar surface area (TPSA) is 39.7 Å². The first-order chi connectivity index (χ1) is 10.7. The molecule has 1 fully saturated rings. The zero-order valence-electron chi connectivity index (χ0n) is 12.1. The summed E-state index contributed by atoms with van der Waals surface area (Å²) in [5, 5.41) is 3.47. The van der Waals surface area contributed by atoms with Gasteiger partial charge in [0.1, 0.15) is 27.8 Å². The second kappa shape index (κ2) is 4.97. The summed E-state index contributed by atoms with van der Waals surface area (Å²) in [4.78, 5) is 0.680. The number of thiocarbonyl (C=S) groups is 1. The van der Waals surface area contributed by atoms with Crippen LogP contribution in [0.25, 0.3) is 0 Å². The minimum Gasteiger partial charge on any atom is -0.496 e.